The summed E-state index contributed by atoms with van der Waals surface area (Å²) in [5.41, 5.74) is 0.0612. The Kier molecular flexibility index (Phi) is 2.87. The van der Waals surface area contributed by atoms with E-state index in [-0.39, 0.29) is 16.0 Å². The molecule has 1 aromatic carbocycles. The first-order chi connectivity index (χ1) is 7.80. The maximum Gasteiger partial charge on any atom is 0.270 e. The molecule has 17 heavy (non-hydrogen) atoms. The summed E-state index contributed by atoms with van der Waals surface area (Å²) in [6, 6.07) is 4.80. The number of nitrogens with zero attached hydrogens (tertiary/aromatic N) is 1. The normalized spacial score (nSPS) is 12.0. The fraction of sp³-hybridized carbons (Fsp3) is 0.333. The number of thiophene rings is 1. The van der Waals surface area contributed by atoms with E-state index in [1.807, 2.05) is 0 Å². The minimum atomic E-state index is -0.385. The molecule has 0 amide bonds. The van der Waals surface area contributed by atoms with Crippen LogP contribution in [0.25, 0.3) is 10.1 Å². The Hall–Kier alpha value is -1.13. The van der Waals surface area contributed by atoms with Gasteiger partial charge in [0.2, 0.25) is 0 Å². The molecule has 3 nitrogen and oxygen atoms in total. The molecule has 90 valence electrons. The van der Waals surface area contributed by atoms with E-state index in [2.05, 4.69) is 20.8 Å². The average molecular weight is 270 g/mol. The molecule has 1 heterocycles. The predicted octanol–water partition coefficient (Wildman–Crippen LogP) is 4.76. The van der Waals surface area contributed by atoms with Gasteiger partial charge < -0.3 is 0 Å². The van der Waals surface area contributed by atoms with E-state index >= 15 is 0 Å². The van der Waals surface area contributed by atoms with E-state index in [0.717, 1.165) is 15.0 Å². The number of nitro benzene ring substituents is 1. The zero-order valence-corrected chi connectivity index (χ0v) is 11.4. The van der Waals surface area contributed by atoms with Crippen LogP contribution in [0.1, 0.15) is 25.6 Å². The highest BCUT2D eigenvalue weighted by molar-refractivity contribution is 7.20. The summed E-state index contributed by atoms with van der Waals surface area (Å²) in [5, 5.41) is 12.3. The summed E-state index contributed by atoms with van der Waals surface area (Å²) in [6.07, 6.45) is 0. The van der Waals surface area contributed by atoms with Crippen LogP contribution in [0.15, 0.2) is 18.2 Å². The third-order valence-corrected chi connectivity index (χ3v) is 4.59. The molecular weight excluding hydrogens is 258 g/mol. The highest BCUT2D eigenvalue weighted by atomic mass is 35.5. The van der Waals surface area contributed by atoms with Crippen LogP contribution in [0, 0.1) is 10.1 Å². The molecule has 0 bridgehead atoms. The molecule has 2 aromatic rings. The van der Waals surface area contributed by atoms with Crippen molar-refractivity contribution in [2.45, 2.75) is 26.2 Å². The second-order valence-electron chi connectivity index (χ2n) is 4.93. The summed E-state index contributed by atoms with van der Waals surface area (Å²) in [7, 11) is 0. The molecule has 0 atom stereocenters. The number of halogens is 1. The van der Waals surface area contributed by atoms with Crippen LogP contribution < -0.4 is 0 Å². The van der Waals surface area contributed by atoms with Crippen LogP contribution in [0.5, 0.6) is 0 Å². The van der Waals surface area contributed by atoms with Gasteiger partial charge in [-0.05, 0) is 11.5 Å². The van der Waals surface area contributed by atoms with Crippen molar-refractivity contribution in [3.05, 3.63) is 38.2 Å². The van der Waals surface area contributed by atoms with Gasteiger partial charge in [-0.15, -0.1) is 11.3 Å². The molecular formula is C12H12ClNO2S. The fourth-order valence-electron chi connectivity index (χ4n) is 1.65. The maximum absolute atomic E-state index is 10.7. The lowest BCUT2D eigenvalue weighted by molar-refractivity contribution is -0.384. The molecule has 0 aliphatic rings. The standard InChI is InChI=1S/C12H12ClNO2S/c1-12(2,3)11-10(13)8-5-4-7(14(15)16)6-9(8)17-11/h4-6H,1-3H3. The number of rotatable bonds is 1. The van der Waals surface area contributed by atoms with Crippen molar-refractivity contribution in [3.63, 3.8) is 0 Å². The molecule has 0 aliphatic carbocycles. The van der Waals surface area contributed by atoms with Crippen LogP contribution in [0.4, 0.5) is 5.69 Å². The third kappa shape index (κ3) is 2.15. The number of non-ortho nitro benzene ring substituents is 1. The second kappa shape index (κ2) is 3.96. The SMILES string of the molecule is CC(C)(C)c1sc2cc([N+](=O)[O-])ccc2c1Cl. The number of fused-ring (bicyclic) bond motifs is 1. The molecule has 0 fully saturated rings. The average Bonchev–Trinajstić information content (AvgIpc) is 2.55. The van der Waals surface area contributed by atoms with Crippen molar-refractivity contribution in [3.8, 4) is 0 Å². The Labute approximate surface area is 108 Å². The zero-order chi connectivity index (χ0) is 12.8. The highest BCUT2D eigenvalue weighted by Crippen LogP contribution is 2.42. The summed E-state index contributed by atoms with van der Waals surface area (Å²) >= 11 is 7.84. The molecule has 0 aliphatic heterocycles. The van der Waals surface area contributed by atoms with Crippen molar-refractivity contribution >= 4 is 38.7 Å². The first-order valence-electron chi connectivity index (χ1n) is 5.17. The third-order valence-electron chi connectivity index (χ3n) is 2.51. The predicted molar refractivity (Wildman–Crippen MR) is 72.2 cm³/mol. The van der Waals surface area contributed by atoms with Gasteiger partial charge in [-0.1, -0.05) is 32.4 Å². The van der Waals surface area contributed by atoms with Crippen LogP contribution in [-0.2, 0) is 5.41 Å². The second-order valence-corrected chi connectivity index (χ2v) is 6.36. The quantitative estimate of drug-likeness (QED) is 0.553. The van der Waals surface area contributed by atoms with Gasteiger partial charge in [0.15, 0.2) is 0 Å². The van der Waals surface area contributed by atoms with Crippen LogP contribution in [0.3, 0.4) is 0 Å². The first kappa shape index (κ1) is 12.3. The minimum Gasteiger partial charge on any atom is -0.258 e. The molecule has 1 aromatic heterocycles. The van der Waals surface area contributed by atoms with E-state index < -0.39 is 0 Å². The van der Waals surface area contributed by atoms with Gasteiger partial charge in [0.25, 0.3) is 5.69 Å². The molecule has 0 unspecified atom stereocenters. The Morgan fingerprint density at radius 2 is 2.00 bits per heavy atom. The number of benzene rings is 1. The van der Waals surface area contributed by atoms with Gasteiger partial charge >= 0.3 is 0 Å². The zero-order valence-electron chi connectivity index (χ0n) is 9.78. The largest absolute Gasteiger partial charge is 0.270 e. The summed E-state index contributed by atoms with van der Waals surface area (Å²) in [5.74, 6) is 0. The molecule has 0 spiro atoms. The number of hydrogen-bond donors (Lipinski definition) is 0. The Bertz CT molecular complexity index is 598. The van der Waals surface area contributed by atoms with Crippen LogP contribution >= 0.6 is 22.9 Å². The topological polar surface area (TPSA) is 43.1 Å². The molecule has 5 heteroatoms. The highest BCUT2D eigenvalue weighted by Gasteiger charge is 2.23. The molecule has 0 saturated carbocycles. The number of nitro groups is 1. The van der Waals surface area contributed by atoms with Gasteiger partial charge in [0, 0.05) is 27.1 Å². The Balaban J connectivity index is 2.70. The fourth-order valence-corrected chi connectivity index (χ4v) is 3.46. The van der Waals surface area contributed by atoms with Gasteiger partial charge in [-0.2, -0.15) is 0 Å². The van der Waals surface area contributed by atoms with E-state index in [4.69, 9.17) is 11.6 Å². The summed E-state index contributed by atoms with van der Waals surface area (Å²) in [6.45, 7) is 6.24. The lowest BCUT2D eigenvalue weighted by Gasteiger charge is -2.16. The van der Waals surface area contributed by atoms with Crippen molar-refractivity contribution in [2.24, 2.45) is 0 Å². The van der Waals surface area contributed by atoms with E-state index in [9.17, 15) is 10.1 Å². The van der Waals surface area contributed by atoms with E-state index in [1.165, 1.54) is 17.4 Å². The van der Waals surface area contributed by atoms with Crippen LogP contribution in [0.2, 0.25) is 5.02 Å². The molecule has 0 N–H and O–H groups in total. The minimum absolute atomic E-state index is 0.0461. The first-order valence-corrected chi connectivity index (χ1v) is 6.37. The smallest absolute Gasteiger partial charge is 0.258 e. The lowest BCUT2D eigenvalue weighted by Crippen LogP contribution is -2.08. The van der Waals surface area contributed by atoms with Crippen molar-refractivity contribution < 1.29 is 4.92 Å². The lowest BCUT2D eigenvalue weighted by atomic mass is 9.94. The maximum atomic E-state index is 10.7. The molecule has 0 radical (unpaired) electrons. The van der Waals surface area contributed by atoms with Gasteiger partial charge in [0.05, 0.1) is 9.95 Å². The van der Waals surface area contributed by atoms with Gasteiger partial charge in [0.1, 0.15) is 0 Å². The van der Waals surface area contributed by atoms with Crippen molar-refractivity contribution in [1.82, 2.24) is 0 Å². The van der Waals surface area contributed by atoms with Crippen LogP contribution in [-0.4, -0.2) is 4.92 Å². The molecule has 0 saturated heterocycles. The Morgan fingerprint density at radius 3 is 2.53 bits per heavy atom. The summed E-state index contributed by atoms with van der Waals surface area (Å²) in [4.78, 5) is 11.4. The van der Waals surface area contributed by atoms with E-state index in [1.54, 1.807) is 12.1 Å². The summed E-state index contributed by atoms with van der Waals surface area (Å²) < 4.78 is 0.870. The molecule has 2 rings (SSSR count). The Morgan fingerprint density at radius 1 is 1.35 bits per heavy atom. The monoisotopic (exact) mass is 269 g/mol. The van der Waals surface area contributed by atoms with E-state index in [0.29, 0.717) is 5.02 Å². The van der Waals surface area contributed by atoms with Crippen molar-refractivity contribution in [2.75, 3.05) is 0 Å². The van der Waals surface area contributed by atoms with Crippen molar-refractivity contribution in [1.29, 1.82) is 0 Å². The van der Waals surface area contributed by atoms with Gasteiger partial charge in [-0.25, -0.2) is 0 Å². The number of hydrogen-bond acceptors (Lipinski definition) is 3. The van der Waals surface area contributed by atoms with Gasteiger partial charge in [-0.3, -0.25) is 10.1 Å².